The number of aryl methyl sites for hydroxylation is 1. The molecule has 2 nitrogen and oxygen atoms in total. The molecule has 0 saturated carbocycles. The normalized spacial score (nSPS) is 18.8. The molecule has 1 aromatic rings. The van der Waals surface area contributed by atoms with Crippen molar-refractivity contribution in [1.82, 2.24) is 10.2 Å². The summed E-state index contributed by atoms with van der Waals surface area (Å²) in [4.78, 5) is 2.39. The molecule has 1 aliphatic heterocycles. The summed E-state index contributed by atoms with van der Waals surface area (Å²) in [6, 6.07) is 6.49. The Bertz CT molecular complexity index is 391. The number of halogens is 2. The molecule has 0 aliphatic carbocycles. The van der Waals surface area contributed by atoms with Crippen LogP contribution < -0.4 is 5.32 Å². The van der Waals surface area contributed by atoms with Gasteiger partial charge in [-0.05, 0) is 36.6 Å². The highest BCUT2D eigenvalue weighted by atomic mass is 79.9. The van der Waals surface area contributed by atoms with E-state index < -0.39 is 0 Å². The van der Waals surface area contributed by atoms with Gasteiger partial charge in [-0.15, -0.1) is 0 Å². The Morgan fingerprint density at radius 1 is 1.39 bits per heavy atom. The van der Waals surface area contributed by atoms with Crippen LogP contribution in [0.4, 0.5) is 4.39 Å². The van der Waals surface area contributed by atoms with E-state index in [1.165, 1.54) is 11.1 Å². The molecule has 0 bridgehead atoms. The van der Waals surface area contributed by atoms with E-state index in [2.05, 4.69) is 45.2 Å². The van der Waals surface area contributed by atoms with E-state index in [0.29, 0.717) is 6.42 Å². The van der Waals surface area contributed by atoms with Gasteiger partial charge >= 0.3 is 0 Å². The lowest BCUT2D eigenvalue weighted by atomic mass is 9.97. The van der Waals surface area contributed by atoms with Crippen LogP contribution in [0.15, 0.2) is 22.7 Å². The first-order chi connectivity index (χ1) is 8.72. The average Bonchev–Trinajstić information content (AvgIpc) is 2.40. The van der Waals surface area contributed by atoms with Crippen molar-refractivity contribution in [2.24, 2.45) is 0 Å². The molecule has 0 amide bonds. The fourth-order valence-electron chi connectivity index (χ4n) is 2.60. The van der Waals surface area contributed by atoms with Gasteiger partial charge in [0.25, 0.3) is 0 Å². The molecule has 1 aromatic carbocycles. The quantitative estimate of drug-likeness (QED) is 0.919. The van der Waals surface area contributed by atoms with E-state index in [1.54, 1.807) is 0 Å². The van der Waals surface area contributed by atoms with Crippen molar-refractivity contribution in [3.05, 3.63) is 33.8 Å². The van der Waals surface area contributed by atoms with Crippen LogP contribution in [0, 0.1) is 6.92 Å². The lowest BCUT2D eigenvalue weighted by Gasteiger charge is -2.35. The van der Waals surface area contributed by atoms with Crippen LogP contribution in [0.1, 0.15) is 23.6 Å². The molecule has 1 atom stereocenters. The number of nitrogens with zero attached hydrogens (tertiary/aromatic N) is 1. The second-order valence-corrected chi connectivity index (χ2v) is 5.70. The van der Waals surface area contributed by atoms with E-state index in [-0.39, 0.29) is 12.7 Å². The summed E-state index contributed by atoms with van der Waals surface area (Å²) >= 11 is 3.52. The van der Waals surface area contributed by atoms with Gasteiger partial charge in [0.1, 0.15) is 0 Å². The van der Waals surface area contributed by atoms with Gasteiger partial charge in [0, 0.05) is 36.7 Å². The minimum Gasteiger partial charge on any atom is -0.314 e. The first-order valence-electron chi connectivity index (χ1n) is 6.49. The summed E-state index contributed by atoms with van der Waals surface area (Å²) in [7, 11) is 0. The highest BCUT2D eigenvalue weighted by molar-refractivity contribution is 9.10. The predicted molar refractivity (Wildman–Crippen MR) is 76.7 cm³/mol. The number of piperazine rings is 1. The zero-order valence-electron chi connectivity index (χ0n) is 10.8. The standard InChI is InChI=1S/C14H20BrFN2/c1-11-2-3-12(15)10-13(11)14(4-5-16)18-8-6-17-7-9-18/h2-3,10,14,17H,4-9H2,1H3/t14-/m0/s1. The number of alkyl halides is 1. The van der Waals surface area contributed by atoms with Gasteiger partial charge in [0.15, 0.2) is 0 Å². The second-order valence-electron chi connectivity index (χ2n) is 4.78. The van der Waals surface area contributed by atoms with Crippen molar-refractivity contribution in [2.75, 3.05) is 32.9 Å². The van der Waals surface area contributed by atoms with E-state index in [1.807, 2.05) is 6.07 Å². The molecule has 1 N–H and O–H groups in total. The van der Waals surface area contributed by atoms with Crippen LogP contribution in [0.3, 0.4) is 0 Å². The maximum atomic E-state index is 12.9. The van der Waals surface area contributed by atoms with Crippen molar-refractivity contribution < 1.29 is 4.39 Å². The Hall–Kier alpha value is -0.450. The molecule has 1 saturated heterocycles. The predicted octanol–water partition coefficient (Wildman–Crippen LogP) is 3.06. The number of nitrogens with one attached hydrogen (secondary N) is 1. The summed E-state index contributed by atoms with van der Waals surface area (Å²) in [5.41, 5.74) is 2.50. The molecule has 1 fully saturated rings. The maximum Gasteiger partial charge on any atom is 0.0912 e. The largest absolute Gasteiger partial charge is 0.314 e. The van der Waals surface area contributed by atoms with Crippen molar-refractivity contribution >= 4 is 15.9 Å². The fraction of sp³-hybridized carbons (Fsp3) is 0.571. The van der Waals surface area contributed by atoms with E-state index >= 15 is 0 Å². The molecule has 0 radical (unpaired) electrons. The highest BCUT2D eigenvalue weighted by Gasteiger charge is 2.23. The number of hydrogen-bond donors (Lipinski definition) is 1. The molecule has 2 rings (SSSR count). The monoisotopic (exact) mass is 314 g/mol. The SMILES string of the molecule is Cc1ccc(Br)cc1[C@H](CCF)N1CCNCC1. The summed E-state index contributed by atoms with van der Waals surface area (Å²) in [5, 5.41) is 3.34. The van der Waals surface area contributed by atoms with Crippen LogP contribution in [0.5, 0.6) is 0 Å². The molecule has 4 heteroatoms. The van der Waals surface area contributed by atoms with Crippen LogP contribution >= 0.6 is 15.9 Å². The lowest BCUT2D eigenvalue weighted by Crippen LogP contribution is -2.45. The van der Waals surface area contributed by atoms with Crippen molar-refractivity contribution in [3.63, 3.8) is 0 Å². The first kappa shape index (κ1) is 14.0. The third kappa shape index (κ3) is 3.31. The molecule has 0 unspecified atom stereocenters. The van der Waals surface area contributed by atoms with E-state index in [4.69, 9.17) is 0 Å². The number of rotatable bonds is 4. The van der Waals surface area contributed by atoms with Gasteiger partial charge in [0.05, 0.1) is 6.67 Å². The van der Waals surface area contributed by atoms with Crippen LogP contribution in [-0.2, 0) is 0 Å². The van der Waals surface area contributed by atoms with Crippen molar-refractivity contribution in [3.8, 4) is 0 Å². The third-order valence-electron chi connectivity index (χ3n) is 3.58. The molecule has 1 aliphatic rings. The summed E-state index contributed by atoms with van der Waals surface area (Å²) in [6.07, 6.45) is 0.581. The molecular weight excluding hydrogens is 295 g/mol. The number of benzene rings is 1. The van der Waals surface area contributed by atoms with Crippen LogP contribution in [0.25, 0.3) is 0 Å². The highest BCUT2D eigenvalue weighted by Crippen LogP contribution is 2.29. The Balaban J connectivity index is 2.24. The molecule has 0 aromatic heterocycles. The van der Waals surface area contributed by atoms with Crippen LogP contribution in [-0.4, -0.2) is 37.8 Å². The zero-order valence-corrected chi connectivity index (χ0v) is 12.3. The van der Waals surface area contributed by atoms with Crippen molar-refractivity contribution in [1.29, 1.82) is 0 Å². The molecule has 0 spiro atoms. The summed E-state index contributed by atoms with van der Waals surface area (Å²) in [5.74, 6) is 0. The van der Waals surface area contributed by atoms with Gasteiger partial charge in [-0.3, -0.25) is 9.29 Å². The van der Waals surface area contributed by atoms with Crippen molar-refractivity contribution in [2.45, 2.75) is 19.4 Å². The third-order valence-corrected chi connectivity index (χ3v) is 4.07. The minimum atomic E-state index is -0.263. The summed E-state index contributed by atoms with van der Waals surface area (Å²) in [6.45, 7) is 5.83. The first-order valence-corrected chi connectivity index (χ1v) is 7.28. The Labute approximate surface area is 117 Å². The molecule has 1 heterocycles. The van der Waals surface area contributed by atoms with E-state index in [0.717, 1.165) is 30.7 Å². The minimum absolute atomic E-state index is 0.203. The van der Waals surface area contributed by atoms with Gasteiger partial charge in [0.2, 0.25) is 0 Å². The second kappa shape index (κ2) is 6.64. The smallest absolute Gasteiger partial charge is 0.0912 e. The van der Waals surface area contributed by atoms with Gasteiger partial charge in [-0.1, -0.05) is 22.0 Å². The molecule has 100 valence electrons. The topological polar surface area (TPSA) is 15.3 Å². The van der Waals surface area contributed by atoms with Gasteiger partial charge in [-0.2, -0.15) is 0 Å². The Morgan fingerprint density at radius 3 is 2.78 bits per heavy atom. The summed E-state index contributed by atoms with van der Waals surface area (Å²) < 4.78 is 13.9. The van der Waals surface area contributed by atoms with Gasteiger partial charge < -0.3 is 5.32 Å². The van der Waals surface area contributed by atoms with Crippen LogP contribution in [0.2, 0.25) is 0 Å². The number of hydrogen-bond acceptors (Lipinski definition) is 2. The Kier molecular flexibility index (Phi) is 5.15. The maximum absolute atomic E-state index is 12.9. The molecule has 18 heavy (non-hydrogen) atoms. The van der Waals surface area contributed by atoms with Gasteiger partial charge in [-0.25, -0.2) is 0 Å². The molecular formula is C14H20BrFN2. The zero-order chi connectivity index (χ0) is 13.0. The van der Waals surface area contributed by atoms with E-state index in [9.17, 15) is 4.39 Å². The Morgan fingerprint density at radius 2 is 2.11 bits per heavy atom. The average molecular weight is 315 g/mol. The fourth-order valence-corrected chi connectivity index (χ4v) is 2.98. The lowest BCUT2D eigenvalue weighted by molar-refractivity contribution is 0.157.